The van der Waals surface area contributed by atoms with Crippen LogP contribution >= 0.6 is 0 Å². The van der Waals surface area contributed by atoms with E-state index in [2.05, 4.69) is 22.8 Å². The lowest BCUT2D eigenvalue weighted by atomic mass is 9.98. The van der Waals surface area contributed by atoms with Gasteiger partial charge in [-0.05, 0) is 30.9 Å². The highest BCUT2D eigenvalue weighted by Gasteiger charge is 2.20. The van der Waals surface area contributed by atoms with Crippen molar-refractivity contribution in [1.82, 2.24) is 10.6 Å². The summed E-state index contributed by atoms with van der Waals surface area (Å²) >= 11 is 0. The highest BCUT2D eigenvalue weighted by Crippen LogP contribution is 2.20. The molecule has 5 nitrogen and oxygen atoms in total. The third kappa shape index (κ3) is 5.52. The maximum Gasteiger partial charge on any atom is 0.318 e. The average molecular weight is 325 g/mol. The highest BCUT2D eigenvalue weighted by molar-refractivity contribution is 5.96. The van der Waals surface area contributed by atoms with Crippen LogP contribution in [-0.2, 0) is 11.2 Å². The molecule has 0 aliphatic carbocycles. The van der Waals surface area contributed by atoms with E-state index in [4.69, 9.17) is 5.73 Å². The van der Waals surface area contributed by atoms with Gasteiger partial charge in [0.1, 0.15) is 0 Å². The monoisotopic (exact) mass is 325 g/mol. The topological polar surface area (TPSA) is 84.2 Å². The molecule has 0 aromatic heterocycles. The first-order valence-electron chi connectivity index (χ1n) is 8.01. The van der Waals surface area contributed by atoms with Gasteiger partial charge in [0.2, 0.25) is 5.91 Å². The Bertz CT molecular complexity index is 659. The minimum absolute atomic E-state index is 0.0000302. The second-order valence-electron chi connectivity index (χ2n) is 5.73. The Labute approximate surface area is 142 Å². The number of hydrogen-bond donors (Lipinski definition) is 3. The van der Waals surface area contributed by atoms with Gasteiger partial charge in [0.25, 0.3) is 0 Å². The average Bonchev–Trinajstić information content (AvgIpc) is 2.59. The number of nitrogens with one attached hydrogen (secondary N) is 2. The van der Waals surface area contributed by atoms with Crippen LogP contribution in [0.15, 0.2) is 60.7 Å². The molecular formula is C19H23N3O2. The molecule has 2 aromatic carbocycles. The molecule has 126 valence electrons. The van der Waals surface area contributed by atoms with E-state index < -0.39 is 18.0 Å². The fourth-order valence-electron chi connectivity index (χ4n) is 2.59. The molecule has 2 aromatic rings. The Morgan fingerprint density at radius 1 is 1.00 bits per heavy atom. The van der Waals surface area contributed by atoms with Crippen LogP contribution in [0.4, 0.5) is 4.79 Å². The van der Waals surface area contributed by atoms with E-state index in [9.17, 15) is 9.59 Å². The standard InChI is InChI=1S/C19H23N3O2/c1-14(18(23)22-19(20)24)21-17(16-10-6-3-7-11-16)13-12-15-8-4-2-5-9-15/h2-11,14,17,21H,12-13H2,1H3,(H3,20,22,23,24)/t14-,17+/m1/s1. The van der Waals surface area contributed by atoms with Crippen LogP contribution in [0, 0.1) is 0 Å². The predicted molar refractivity (Wildman–Crippen MR) is 94.3 cm³/mol. The maximum atomic E-state index is 11.9. The van der Waals surface area contributed by atoms with Gasteiger partial charge in [0.05, 0.1) is 6.04 Å². The van der Waals surface area contributed by atoms with Crippen LogP contribution in [0.1, 0.15) is 30.5 Å². The number of benzene rings is 2. The molecule has 0 saturated heterocycles. The van der Waals surface area contributed by atoms with Gasteiger partial charge < -0.3 is 5.73 Å². The Morgan fingerprint density at radius 2 is 1.58 bits per heavy atom. The van der Waals surface area contributed by atoms with E-state index in [1.54, 1.807) is 6.92 Å². The van der Waals surface area contributed by atoms with Crippen molar-refractivity contribution in [2.24, 2.45) is 5.73 Å². The summed E-state index contributed by atoms with van der Waals surface area (Å²) in [5.41, 5.74) is 7.36. The van der Waals surface area contributed by atoms with Gasteiger partial charge in [0, 0.05) is 6.04 Å². The second-order valence-corrected chi connectivity index (χ2v) is 5.73. The summed E-state index contributed by atoms with van der Waals surface area (Å²) in [6.07, 6.45) is 1.72. The number of primary amides is 1. The van der Waals surface area contributed by atoms with Crippen LogP contribution in [0.3, 0.4) is 0 Å². The molecular weight excluding hydrogens is 302 g/mol. The van der Waals surface area contributed by atoms with Crippen molar-refractivity contribution in [3.05, 3.63) is 71.8 Å². The lowest BCUT2D eigenvalue weighted by Crippen LogP contribution is -2.47. The minimum Gasteiger partial charge on any atom is -0.351 e. The Kier molecular flexibility index (Phi) is 6.51. The Morgan fingerprint density at radius 3 is 2.17 bits per heavy atom. The number of carbonyl (C=O) groups is 2. The van der Waals surface area contributed by atoms with Crippen LogP contribution in [-0.4, -0.2) is 18.0 Å². The first-order valence-corrected chi connectivity index (χ1v) is 8.01. The minimum atomic E-state index is -0.839. The van der Waals surface area contributed by atoms with E-state index in [-0.39, 0.29) is 6.04 Å². The van der Waals surface area contributed by atoms with Crippen molar-refractivity contribution in [3.63, 3.8) is 0 Å². The third-order valence-electron chi connectivity index (χ3n) is 3.86. The number of carbonyl (C=O) groups excluding carboxylic acids is 2. The Balaban J connectivity index is 2.05. The number of amides is 3. The van der Waals surface area contributed by atoms with Crippen molar-refractivity contribution >= 4 is 11.9 Å². The SMILES string of the molecule is C[C@@H](N[C@@H](CCc1ccccc1)c1ccccc1)C(=O)NC(N)=O. The summed E-state index contributed by atoms with van der Waals surface area (Å²) in [5, 5.41) is 5.40. The zero-order chi connectivity index (χ0) is 17.4. The number of rotatable bonds is 7. The molecule has 4 N–H and O–H groups in total. The molecule has 0 heterocycles. The molecule has 0 fully saturated rings. The van der Waals surface area contributed by atoms with Crippen molar-refractivity contribution in [2.75, 3.05) is 0 Å². The van der Waals surface area contributed by atoms with Gasteiger partial charge in [-0.1, -0.05) is 60.7 Å². The summed E-state index contributed by atoms with van der Waals surface area (Å²) in [7, 11) is 0. The summed E-state index contributed by atoms with van der Waals surface area (Å²) in [4.78, 5) is 22.8. The van der Waals surface area contributed by atoms with Gasteiger partial charge in [-0.25, -0.2) is 4.79 Å². The molecule has 0 aliphatic rings. The molecule has 0 bridgehead atoms. The van der Waals surface area contributed by atoms with Gasteiger partial charge >= 0.3 is 6.03 Å². The largest absolute Gasteiger partial charge is 0.351 e. The lowest BCUT2D eigenvalue weighted by molar-refractivity contribution is -0.121. The smallest absolute Gasteiger partial charge is 0.318 e. The summed E-state index contributed by atoms with van der Waals surface area (Å²) in [6.45, 7) is 1.72. The molecule has 0 spiro atoms. The van der Waals surface area contributed by atoms with Crippen molar-refractivity contribution in [1.29, 1.82) is 0 Å². The van der Waals surface area contributed by atoms with Crippen LogP contribution < -0.4 is 16.4 Å². The summed E-state index contributed by atoms with van der Waals surface area (Å²) in [5.74, 6) is -0.428. The molecule has 0 unspecified atom stereocenters. The van der Waals surface area contributed by atoms with E-state index in [0.29, 0.717) is 0 Å². The van der Waals surface area contributed by atoms with E-state index in [1.165, 1.54) is 5.56 Å². The molecule has 0 aliphatic heterocycles. The summed E-state index contributed by atoms with van der Waals surface area (Å²) in [6, 6.07) is 18.8. The molecule has 2 atom stereocenters. The predicted octanol–water partition coefficient (Wildman–Crippen LogP) is 2.53. The lowest BCUT2D eigenvalue weighted by Gasteiger charge is -2.23. The van der Waals surface area contributed by atoms with Crippen molar-refractivity contribution in [3.8, 4) is 0 Å². The fourth-order valence-corrected chi connectivity index (χ4v) is 2.59. The van der Waals surface area contributed by atoms with Crippen LogP contribution in [0.5, 0.6) is 0 Å². The fraction of sp³-hybridized carbons (Fsp3) is 0.263. The molecule has 0 saturated carbocycles. The van der Waals surface area contributed by atoms with Gasteiger partial charge in [0.15, 0.2) is 0 Å². The molecule has 2 rings (SSSR count). The first-order chi connectivity index (χ1) is 11.6. The van der Waals surface area contributed by atoms with Gasteiger partial charge in [-0.3, -0.25) is 15.4 Å². The Hall–Kier alpha value is -2.66. The number of imide groups is 1. The van der Waals surface area contributed by atoms with Crippen molar-refractivity contribution in [2.45, 2.75) is 31.8 Å². The van der Waals surface area contributed by atoms with Crippen LogP contribution in [0.2, 0.25) is 0 Å². The van der Waals surface area contributed by atoms with E-state index >= 15 is 0 Å². The molecule has 24 heavy (non-hydrogen) atoms. The first kappa shape index (κ1) is 17.7. The maximum absolute atomic E-state index is 11.9. The van der Waals surface area contributed by atoms with E-state index in [1.807, 2.05) is 48.5 Å². The highest BCUT2D eigenvalue weighted by atomic mass is 16.2. The molecule has 3 amide bonds. The normalized spacial score (nSPS) is 13.0. The number of urea groups is 1. The zero-order valence-corrected chi connectivity index (χ0v) is 13.7. The second kappa shape index (κ2) is 8.84. The van der Waals surface area contributed by atoms with Crippen molar-refractivity contribution < 1.29 is 9.59 Å². The molecule has 0 radical (unpaired) electrons. The van der Waals surface area contributed by atoms with E-state index in [0.717, 1.165) is 18.4 Å². The quantitative estimate of drug-likeness (QED) is 0.731. The zero-order valence-electron chi connectivity index (χ0n) is 13.7. The third-order valence-corrected chi connectivity index (χ3v) is 3.86. The summed E-state index contributed by atoms with van der Waals surface area (Å²) < 4.78 is 0. The number of aryl methyl sites for hydroxylation is 1. The van der Waals surface area contributed by atoms with Gasteiger partial charge in [-0.2, -0.15) is 0 Å². The molecule has 5 heteroatoms. The number of nitrogens with two attached hydrogens (primary N) is 1. The van der Waals surface area contributed by atoms with Crippen LogP contribution in [0.25, 0.3) is 0 Å². The van der Waals surface area contributed by atoms with Gasteiger partial charge in [-0.15, -0.1) is 0 Å². The number of hydrogen-bond acceptors (Lipinski definition) is 3.